The second-order valence-corrected chi connectivity index (χ2v) is 4.30. The molecule has 6 nitrogen and oxygen atoms in total. The molecule has 1 fully saturated rings. The van der Waals surface area contributed by atoms with E-state index in [-0.39, 0.29) is 6.61 Å². The molecular formula is C9H13BrO6. The normalized spacial score (nSPS) is 34.2. The summed E-state index contributed by atoms with van der Waals surface area (Å²) < 4.78 is 14.9. The zero-order chi connectivity index (χ0) is 12.3. The van der Waals surface area contributed by atoms with Gasteiger partial charge in [0.1, 0.15) is 6.10 Å². The minimum Gasteiger partial charge on any atom is -0.457 e. The van der Waals surface area contributed by atoms with Crippen molar-refractivity contribution in [1.29, 1.82) is 0 Å². The summed E-state index contributed by atoms with van der Waals surface area (Å²) >= 11 is 3.12. The summed E-state index contributed by atoms with van der Waals surface area (Å²) in [4.78, 5) is 21.6. The Morgan fingerprint density at radius 2 is 1.88 bits per heavy atom. The van der Waals surface area contributed by atoms with Crippen LogP contribution in [0.1, 0.15) is 13.8 Å². The van der Waals surface area contributed by atoms with Crippen molar-refractivity contribution >= 4 is 27.9 Å². The molecular weight excluding hydrogens is 284 g/mol. The molecule has 16 heavy (non-hydrogen) atoms. The van der Waals surface area contributed by atoms with Gasteiger partial charge in [0.2, 0.25) is 0 Å². The van der Waals surface area contributed by atoms with E-state index in [1.54, 1.807) is 0 Å². The average Bonchev–Trinajstić information content (AvgIpc) is 2.16. The van der Waals surface area contributed by atoms with E-state index in [2.05, 4.69) is 15.9 Å². The van der Waals surface area contributed by atoms with E-state index < -0.39 is 35.3 Å². The summed E-state index contributed by atoms with van der Waals surface area (Å²) in [6.45, 7) is 2.50. The van der Waals surface area contributed by atoms with Crippen molar-refractivity contribution in [3.8, 4) is 0 Å². The van der Waals surface area contributed by atoms with Gasteiger partial charge in [-0.05, 0) is 0 Å². The first-order valence-corrected chi connectivity index (χ1v) is 5.61. The van der Waals surface area contributed by atoms with E-state index in [0.29, 0.717) is 0 Å². The zero-order valence-corrected chi connectivity index (χ0v) is 10.5. The summed E-state index contributed by atoms with van der Waals surface area (Å²) in [5.41, 5.74) is 0. The molecule has 7 heteroatoms. The number of halogens is 1. The molecule has 0 aromatic rings. The van der Waals surface area contributed by atoms with Crippen LogP contribution in [0.2, 0.25) is 0 Å². The number of ether oxygens (including phenoxy) is 3. The van der Waals surface area contributed by atoms with Crippen LogP contribution in [0.3, 0.4) is 0 Å². The fourth-order valence-corrected chi connectivity index (χ4v) is 1.95. The molecule has 0 saturated carbocycles. The molecule has 4 unspecified atom stereocenters. The number of aliphatic hydroxyl groups excluding tert-OH is 1. The number of alkyl halides is 1. The lowest BCUT2D eigenvalue weighted by Crippen LogP contribution is -2.53. The number of hydrogen-bond acceptors (Lipinski definition) is 6. The molecule has 0 amide bonds. The fraction of sp³-hybridized carbons (Fsp3) is 0.778. The second-order valence-electron chi connectivity index (χ2n) is 3.40. The molecule has 0 spiro atoms. The third-order valence-corrected chi connectivity index (χ3v) is 2.80. The third kappa shape index (κ3) is 3.43. The largest absolute Gasteiger partial charge is 0.457 e. The van der Waals surface area contributed by atoms with Crippen LogP contribution in [-0.2, 0) is 23.8 Å². The van der Waals surface area contributed by atoms with Gasteiger partial charge in [0, 0.05) is 13.8 Å². The molecule has 0 bridgehead atoms. The molecule has 0 aromatic carbocycles. The van der Waals surface area contributed by atoms with Gasteiger partial charge in [-0.3, -0.25) is 9.59 Å². The van der Waals surface area contributed by atoms with Crippen LogP contribution in [0.5, 0.6) is 0 Å². The lowest BCUT2D eigenvalue weighted by molar-refractivity contribution is -0.200. The Morgan fingerprint density at radius 3 is 2.38 bits per heavy atom. The Morgan fingerprint density at radius 1 is 1.31 bits per heavy atom. The van der Waals surface area contributed by atoms with Crippen molar-refractivity contribution in [3.05, 3.63) is 0 Å². The minimum absolute atomic E-state index is 0.0500. The quantitative estimate of drug-likeness (QED) is 0.569. The van der Waals surface area contributed by atoms with Crippen LogP contribution in [0.15, 0.2) is 0 Å². The van der Waals surface area contributed by atoms with Crippen molar-refractivity contribution < 1.29 is 28.9 Å². The molecule has 1 aliphatic rings. The maximum atomic E-state index is 10.8. The summed E-state index contributed by atoms with van der Waals surface area (Å²) in [5.74, 6) is -1.07. The van der Waals surface area contributed by atoms with E-state index in [1.807, 2.05) is 0 Å². The highest BCUT2D eigenvalue weighted by molar-refractivity contribution is 9.09. The molecule has 1 rings (SSSR count). The van der Waals surface area contributed by atoms with E-state index in [9.17, 15) is 14.7 Å². The molecule has 92 valence electrons. The number of carbonyl (C=O) groups excluding carboxylic acids is 2. The van der Waals surface area contributed by atoms with Gasteiger partial charge >= 0.3 is 11.9 Å². The highest BCUT2D eigenvalue weighted by Gasteiger charge is 2.42. The number of hydrogen-bond donors (Lipinski definition) is 1. The number of esters is 2. The Balaban J connectivity index is 2.66. The van der Waals surface area contributed by atoms with Crippen molar-refractivity contribution in [2.24, 2.45) is 0 Å². The topological polar surface area (TPSA) is 82.1 Å². The van der Waals surface area contributed by atoms with Gasteiger partial charge in [-0.25, -0.2) is 0 Å². The molecule has 0 radical (unpaired) electrons. The zero-order valence-electron chi connectivity index (χ0n) is 8.88. The van der Waals surface area contributed by atoms with Crippen LogP contribution in [0.25, 0.3) is 0 Å². The van der Waals surface area contributed by atoms with Crippen LogP contribution < -0.4 is 0 Å². The van der Waals surface area contributed by atoms with E-state index in [1.165, 1.54) is 13.8 Å². The molecule has 0 aliphatic carbocycles. The molecule has 1 aliphatic heterocycles. The standard InChI is InChI=1S/C9H13BrO6/c1-4(11)15-6-3-14-9(10)8(7(6)13)16-5(2)12/h6-9,13H,3H2,1-2H3. The minimum atomic E-state index is -1.11. The molecule has 1 N–H and O–H groups in total. The third-order valence-electron chi connectivity index (χ3n) is 2.01. The number of rotatable bonds is 2. The summed E-state index contributed by atoms with van der Waals surface area (Å²) in [6, 6.07) is 0. The molecule has 4 atom stereocenters. The van der Waals surface area contributed by atoms with Gasteiger partial charge in [0.05, 0.1) is 6.61 Å². The van der Waals surface area contributed by atoms with Gasteiger partial charge in [0.25, 0.3) is 0 Å². The summed E-state index contributed by atoms with van der Waals surface area (Å²) in [7, 11) is 0. The molecule has 1 saturated heterocycles. The Kier molecular flexibility index (Phi) is 4.69. The fourth-order valence-electron chi connectivity index (χ4n) is 1.38. The SMILES string of the molecule is CC(=O)OC1COC(Br)C(OC(C)=O)C1O. The number of carbonyl (C=O) groups is 2. The first kappa shape index (κ1) is 13.4. The van der Waals surface area contributed by atoms with Gasteiger partial charge in [-0.2, -0.15) is 0 Å². The summed E-state index contributed by atoms with van der Waals surface area (Å²) in [5, 5.41) is 9.22. The van der Waals surface area contributed by atoms with Crippen molar-refractivity contribution in [2.75, 3.05) is 6.61 Å². The first-order chi connectivity index (χ1) is 7.41. The van der Waals surface area contributed by atoms with Gasteiger partial charge < -0.3 is 19.3 Å². The Labute approximate surface area is 101 Å². The van der Waals surface area contributed by atoms with E-state index in [4.69, 9.17) is 14.2 Å². The van der Waals surface area contributed by atoms with Gasteiger partial charge in [-0.1, -0.05) is 15.9 Å². The van der Waals surface area contributed by atoms with Gasteiger partial charge in [-0.15, -0.1) is 0 Å². The van der Waals surface area contributed by atoms with Gasteiger partial charge in [0.15, 0.2) is 17.2 Å². The monoisotopic (exact) mass is 296 g/mol. The predicted octanol–water partition coefficient (Wildman–Crippen LogP) is -0.0381. The van der Waals surface area contributed by atoms with Crippen LogP contribution in [-0.4, -0.2) is 47.0 Å². The highest BCUT2D eigenvalue weighted by Crippen LogP contribution is 2.24. The Hall–Kier alpha value is -0.660. The maximum absolute atomic E-state index is 10.8. The Bertz CT molecular complexity index is 281. The molecule has 0 aromatic heterocycles. The van der Waals surface area contributed by atoms with Crippen LogP contribution >= 0.6 is 15.9 Å². The average molecular weight is 297 g/mol. The second kappa shape index (κ2) is 5.60. The van der Waals surface area contributed by atoms with Crippen molar-refractivity contribution in [1.82, 2.24) is 0 Å². The lowest BCUT2D eigenvalue weighted by atomic mass is 10.1. The smallest absolute Gasteiger partial charge is 0.303 e. The molecule has 1 heterocycles. The van der Waals surface area contributed by atoms with E-state index >= 15 is 0 Å². The van der Waals surface area contributed by atoms with E-state index in [0.717, 1.165) is 0 Å². The van der Waals surface area contributed by atoms with Crippen LogP contribution in [0.4, 0.5) is 0 Å². The highest BCUT2D eigenvalue weighted by atomic mass is 79.9. The summed E-state index contributed by atoms with van der Waals surface area (Å²) in [6.07, 6.45) is -2.82. The van der Waals surface area contributed by atoms with Crippen molar-refractivity contribution in [2.45, 2.75) is 37.2 Å². The lowest BCUT2D eigenvalue weighted by Gasteiger charge is -2.36. The number of aliphatic hydroxyl groups is 1. The first-order valence-electron chi connectivity index (χ1n) is 4.70. The van der Waals surface area contributed by atoms with Crippen molar-refractivity contribution in [3.63, 3.8) is 0 Å². The predicted molar refractivity (Wildman–Crippen MR) is 55.8 cm³/mol. The maximum Gasteiger partial charge on any atom is 0.303 e. The van der Waals surface area contributed by atoms with Crippen LogP contribution in [0, 0.1) is 0 Å².